The number of aromatic nitrogens is 1. The first-order valence-electron chi connectivity index (χ1n) is 9.87. The van der Waals surface area contributed by atoms with E-state index in [-0.39, 0.29) is 12.5 Å². The molecule has 3 rings (SSSR count). The van der Waals surface area contributed by atoms with Crippen molar-refractivity contribution in [2.75, 3.05) is 19.7 Å². The quantitative estimate of drug-likeness (QED) is 0.432. The van der Waals surface area contributed by atoms with Gasteiger partial charge in [0.25, 0.3) is 5.91 Å². The van der Waals surface area contributed by atoms with Gasteiger partial charge in [0.1, 0.15) is 5.75 Å². The minimum absolute atomic E-state index is 0.0484. The minimum Gasteiger partial charge on any atom is -0.484 e. The van der Waals surface area contributed by atoms with E-state index in [1.54, 1.807) is 0 Å². The molecule has 1 heterocycles. The lowest BCUT2D eigenvalue weighted by molar-refractivity contribution is -0.123. The van der Waals surface area contributed by atoms with Crippen LogP contribution in [-0.4, -0.2) is 42.2 Å². The third-order valence-electron chi connectivity index (χ3n) is 4.30. The Balaban J connectivity index is 1.47. The Morgan fingerprint density at radius 2 is 2.04 bits per heavy atom. The van der Waals surface area contributed by atoms with Crippen LogP contribution in [0.25, 0.3) is 0 Å². The third kappa shape index (κ3) is 6.98. The van der Waals surface area contributed by atoms with E-state index < -0.39 is 0 Å². The zero-order valence-electron chi connectivity index (χ0n) is 16.4. The predicted octanol–water partition coefficient (Wildman–Crippen LogP) is 1.90. The van der Waals surface area contributed by atoms with Gasteiger partial charge in [-0.05, 0) is 49.6 Å². The fourth-order valence-corrected chi connectivity index (χ4v) is 2.71. The molecule has 1 aromatic heterocycles. The van der Waals surface area contributed by atoms with E-state index >= 15 is 0 Å². The molecule has 0 atom stereocenters. The largest absolute Gasteiger partial charge is 0.484 e. The molecule has 0 spiro atoms. The number of nitrogens with zero attached hydrogens (tertiary/aromatic N) is 2. The van der Waals surface area contributed by atoms with Crippen molar-refractivity contribution in [1.82, 2.24) is 20.5 Å². The maximum atomic E-state index is 11.7. The Labute approximate surface area is 166 Å². The summed E-state index contributed by atoms with van der Waals surface area (Å²) in [7, 11) is 0. The average molecular weight is 383 g/mol. The van der Waals surface area contributed by atoms with Gasteiger partial charge in [0.2, 0.25) is 0 Å². The Morgan fingerprint density at radius 1 is 1.21 bits per heavy atom. The lowest BCUT2D eigenvalue weighted by atomic mass is 10.2. The van der Waals surface area contributed by atoms with Gasteiger partial charge >= 0.3 is 0 Å². The summed E-state index contributed by atoms with van der Waals surface area (Å²) in [6, 6.07) is 12.1. The van der Waals surface area contributed by atoms with Crippen LogP contribution in [0, 0.1) is 0 Å². The Morgan fingerprint density at radius 3 is 2.79 bits per heavy atom. The Bertz CT molecular complexity index is 769. The van der Waals surface area contributed by atoms with Gasteiger partial charge < -0.3 is 25.3 Å². The molecule has 3 N–H and O–H groups in total. The number of guanidine groups is 1. The van der Waals surface area contributed by atoms with Crippen LogP contribution in [0.2, 0.25) is 0 Å². The van der Waals surface area contributed by atoms with Crippen LogP contribution in [0.4, 0.5) is 0 Å². The molecular formula is C21H29N5O2. The van der Waals surface area contributed by atoms with Gasteiger partial charge in [-0.15, -0.1) is 0 Å². The summed E-state index contributed by atoms with van der Waals surface area (Å²) in [4.78, 5) is 16.4. The summed E-state index contributed by atoms with van der Waals surface area (Å²) in [5.41, 5.74) is 1.03. The molecule has 7 nitrogen and oxygen atoms in total. The summed E-state index contributed by atoms with van der Waals surface area (Å²) in [5, 5.41) is 9.52. The van der Waals surface area contributed by atoms with E-state index in [2.05, 4.69) is 25.5 Å². The monoisotopic (exact) mass is 383 g/mol. The summed E-state index contributed by atoms with van der Waals surface area (Å²) in [6.07, 6.45) is 6.24. The Kier molecular flexibility index (Phi) is 7.35. The molecule has 28 heavy (non-hydrogen) atoms. The standard InChI is InChI=1S/C21H29N5O2/c1-2-22-21(23-10-13-26-11-3-4-12-26)24-15-17-6-5-7-19(14-17)28-16-20(27)25-18-8-9-18/h3-7,11-12,14,18H,2,8-10,13,15-16H2,1H3,(H,25,27)(H2,22,23,24). The van der Waals surface area contributed by atoms with Crippen molar-refractivity contribution in [3.63, 3.8) is 0 Å². The number of ether oxygens (including phenoxy) is 1. The molecule has 1 fully saturated rings. The maximum Gasteiger partial charge on any atom is 0.258 e. The van der Waals surface area contributed by atoms with Crippen LogP contribution < -0.4 is 20.7 Å². The lowest BCUT2D eigenvalue weighted by Gasteiger charge is -2.12. The minimum atomic E-state index is -0.0627. The summed E-state index contributed by atoms with van der Waals surface area (Å²) >= 11 is 0. The average Bonchev–Trinajstić information content (AvgIpc) is 3.36. The molecule has 2 aromatic rings. The predicted molar refractivity (Wildman–Crippen MR) is 110 cm³/mol. The van der Waals surface area contributed by atoms with Crippen LogP contribution in [0.15, 0.2) is 53.8 Å². The normalized spacial score (nSPS) is 13.8. The third-order valence-corrected chi connectivity index (χ3v) is 4.30. The van der Waals surface area contributed by atoms with Crippen LogP contribution in [0.5, 0.6) is 5.75 Å². The van der Waals surface area contributed by atoms with E-state index in [1.807, 2.05) is 55.7 Å². The SMILES string of the molecule is CCNC(=NCc1cccc(OCC(=O)NC2CC2)c1)NCCn1cccc1. The summed E-state index contributed by atoms with van der Waals surface area (Å²) < 4.78 is 7.72. The molecule has 1 saturated carbocycles. The second-order valence-electron chi connectivity index (χ2n) is 6.82. The first-order valence-corrected chi connectivity index (χ1v) is 9.87. The number of hydrogen-bond acceptors (Lipinski definition) is 3. The highest BCUT2D eigenvalue weighted by molar-refractivity contribution is 5.79. The highest BCUT2D eigenvalue weighted by atomic mass is 16.5. The number of benzene rings is 1. The van der Waals surface area contributed by atoms with Crippen LogP contribution in [0.3, 0.4) is 0 Å². The van der Waals surface area contributed by atoms with Crippen molar-refractivity contribution in [3.8, 4) is 5.75 Å². The van der Waals surface area contributed by atoms with E-state index in [4.69, 9.17) is 4.74 Å². The zero-order valence-corrected chi connectivity index (χ0v) is 16.4. The smallest absolute Gasteiger partial charge is 0.258 e. The summed E-state index contributed by atoms with van der Waals surface area (Å²) in [6.45, 7) is 5.10. The van der Waals surface area contributed by atoms with Crippen molar-refractivity contribution in [2.45, 2.75) is 38.9 Å². The molecule has 0 saturated heterocycles. The van der Waals surface area contributed by atoms with Crippen LogP contribution in [0.1, 0.15) is 25.3 Å². The van der Waals surface area contributed by atoms with Gasteiger partial charge in [0.15, 0.2) is 12.6 Å². The second-order valence-corrected chi connectivity index (χ2v) is 6.82. The van der Waals surface area contributed by atoms with Crippen molar-refractivity contribution < 1.29 is 9.53 Å². The number of rotatable bonds is 10. The van der Waals surface area contributed by atoms with E-state index in [9.17, 15) is 4.79 Å². The Hall–Kier alpha value is -2.96. The number of amides is 1. The molecule has 0 unspecified atom stereocenters. The molecule has 1 aromatic carbocycles. The number of nitrogens with one attached hydrogen (secondary N) is 3. The molecular weight excluding hydrogens is 354 g/mol. The number of hydrogen-bond donors (Lipinski definition) is 3. The topological polar surface area (TPSA) is 79.7 Å². The van der Waals surface area contributed by atoms with Gasteiger partial charge in [0, 0.05) is 38.1 Å². The molecule has 0 aliphatic heterocycles. The molecule has 0 radical (unpaired) electrons. The fraction of sp³-hybridized carbons (Fsp3) is 0.429. The van der Waals surface area contributed by atoms with Gasteiger partial charge in [-0.25, -0.2) is 4.99 Å². The first kappa shape index (κ1) is 19.8. The fourth-order valence-electron chi connectivity index (χ4n) is 2.71. The van der Waals surface area contributed by atoms with Gasteiger partial charge in [-0.2, -0.15) is 0 Å². The number of aliphatic imine (C=N–C) groups is 1. The van der Waals surface area contributed by atoms with E-state index in [0.717, 1.165) is 44.0 Å². The molecule has 1 aliphatic rings. The van der Waals surface area contributed by atoms with Crippen molar-refractivity contribution in [2.24, 2.45) is 4.99 Å². The van der Waals surface area contributed by atoms with E-state index in [0.29, 0.717) is 18.3 Å². The van der Waals surface area contributed by atoms with Crippen molar-refractivity contribution in [3.05, 3.63) is 54.4 Å². The van der Waals surface area contributed by atoms with Crippen molar-refractivity contribution >= 4 is 11.9 Å². The maximum absolute atomic E-state index is 11.7. The summed E-state index contributed by atoms with van der Waals surface area (Å²) in [5.74, 6) is 1.40. The van der Waals surface area contributed by atoms with Gasteiger partial charge in [-0.3, -0.25) is 4.79 Å². The second kappa shape index (κ2) is 10.4. The van der Waals surface area contributed by atoms with Crippen LogP contribution in [-0.2, 0) is 17.9 Å². The number of carbonyl (C=O) groups excluding carboxylic acids is 1. The van der Waals surface area contributed by atoms with Crippen LogP contribution >= 0.6 is 0 Å². The molecule has 0 bridgehead atoms. The van der Waals surface area contributed by atoms with Gasteiger partial charge in [0.05, 0.1) is 6.54 Å². The lowest BCUT2D eigenvalue weighted by Crippen LogP contribution is -2.38. The highest BCUT2D eigenvalue weighted by Crippen LogP contribution is 2.18. The number of carbonyl (C=O) groups is 1. The molecule has 1 aliphatic carbocycles. The molecule has 1 amide bonds. The highest BCUT2D eigenvalue weighted by Gasteiger charge is 2.23. The van der Waals surface area contributed by atoms with E-state index in [1.165, 1.54) is 0 Å². The first-order chi connectivity index (χ1) is 13.7. The van der Waals surface area contributed by atoms with Crippen molar-refractivity contribution in [1.29, 1.82) is 0 Å². The molecule has 7 heteroatoms. The zero-order chi connectivity index (χ0) is 19.6. The van der Waals surface area contributed by atoms with Gasteiger partial charge in [-0.1, -0.05) is 12.1 Å². The molecule has 150 valence electrons.